The molecule has 1 aliphatic rings. The lowest BCUT2D eigenvalue weighted by Crippen LogP contribution is -2.36. The maximum atomic E-state index is 13.4. The monoisotopic (exact) mass is 301 g/mol. The first kappa shape index (κ1) is 16.3. The quantitative estimate of drug-likeness (QED) is 0.863. The van der Waals surface area contributed by atoms with Crippen molar-refractivity contribution in [1.29, 1.82) is 0 Å². The van der Waals surface area contributed by atoms with Crippen molar-refractivity contribution in [3.63, 3.8) is 0 Å². The van der Waals surface area contributed by atoms with Crippen LogP contribution >= 0.6 is 0 Å². The van der Waals surface area contributed by atoms with Crippen molar-refractivity contribution in [2.45, 2.75) is 19.0 Å². The van der Waals surface area contributed by atoms with Crippen molar-refractivity contribution in [3.8, 4) is 0 Å². The molecule has 0 spiro atoms. The summed E-state index contributed by atoms with van der Waals surface area (Å²) in [5.41, 5.74) is 6.19. The van der Waals surface area contributed by atoms with Crippen molar-refractivity contribution >= 4 is 0 Å². The molecule has 0 aliphatic carbocycles. The molecule has 21 heavy (non-hydrogen) atoms. The van der Waals surface area contributed by atoms with Gasteiger partial charge in [0.15, 0.2) is 17.5 Å². The Bertz CT molecular complexity index is 484. The Morgan fingerprint density at radius 2 is 1.81 bits per heavy atom. The summed E-state index contributed by atoms with van der Waals surface area (Å²) in [5.74, 6) is -3.33. The average Bonchev–Trinajstić information content (AvgIpc) is 2.79. The molecule has 1 heterocycles. The molecule has 1 aromatic carbocycles. The van der Waals surface area contributed by atoms with E-state index in [0.717, 1.165) is 25.2 Å². The topological polar surface area (TPSA) is 32.5 Å². The highest BCUT2D eigenvalue weighted by Gasteiger charge is 2.35. The third kappa shape index (κ3) is 3.22. The lowest BCUT2D eigenvalue weighted by Gasteiger charge is -2.28. The Balaban J connectivity index is 2.25. The molecule has 1 aliphatic heterocycles. The second-order valence-electron chi connectivity index (χ2n) is 6.01. The third-order valence-electron chi connectivity index (χ3n) is 4.32. The number of nitrogens with zero attached hydrogens (tertiary/aromatic N) is 2. The van der Waals surface area contributed by atoms with E-state index in [-0.39, 0.29) is 12.6 Å². The van der Waals surface area contributed by atoms with Crippen LogP contribution in [-0.2, 0) is 0 Å². The molecule has 2 N–H and O–H groups in total. The largest absolute Gasteiger partial charge is 0.329 e. The molecule has 0 aromatic heterocycles. The van der Waals surface area contributed by atoms with E-state index in [1.807, 2.05) is 14.1 Å². The molecule has 0 amide bonds. The van der Waals surface area contributed by atoms with Crippen LogP contribution < -0.4 is 5.73 Å². The highest BCUT2D eigenvalue weighted by atomic mass is 19.2. The zero-order valence-corrected chi connectivity index (χ0v) is 12.6. The smallest absolute Gasteiger partial charge is 0.194 e. The Kier molecular flexibility index (Phi) is 4.91. The number of likely N-dealkylation sites (tertiary alicyclic amines) is 1. The molecule has 1 saturated heterocycles. The molecule has 0 saturated carbocycles. The Morgan fingerprint density at radius 3 is 2.24 bits per heavy atom. The minimum Gasteiger partial charge on any atom is -0.329 e. The van der Waals surface area contributed by atoms with E-state index in [1.54, 1.807) is 0 Å². The molecule has 3 atom stereocenters. The molecule has 3 unspecified atom stereocenters. The van der Waals surface area contributed by atoms with Crippen molar-refractivity contribution in [1.82, 2.24) is 9.80 Å². The van der Waals surface area contributed by atoms with E-state index in [9.17, 15) is 13.2 Å². The van der Waals surface area contributed by atoms with Gasteiger partial charge < -0.3 is 10.6 Å². The van der Waals surface area contributed by atoms with Crippen LogP contribution in [0.25, 0.3) is 0 Å². The number of hydrogen-bond acceptors (Lipinski definition) is 3. The first-order valence-electron chi connectivity index (χ1n) is 7.10. The zero-order chi connectivity index (χ0) is 15.7. The first-order chi connectivity index (χ1) is 9.85. The van der Waals surface area contributed by atoms with Crippen LogP contribution in [0.2, 0.25) is 0 Å². The number of hydrogen-bond donors (Lipinski definition) is 1. The maximum absolute atomic E-state index is 13.4. The van der Waals surface area contributed by atoms with Gasteiger partial charge in [-0.3, -0.25) is 4.90 Å². The van der Waals surface area contributed by atoms with Gasteiger partial charge >= 0.3 is 0 Å². The summed E-state index contributed by atoms with van der Waals surface area (Å²) < 4.78 is 39.9. The predicted octanol–water partition coefficient (Wildman–Crippen LogP) is 1.99. The standard InChI is InChI=1S/C15H22F3N3/c1-9-7-21(8-14(9)20(2)3)13(6-19)10-4-11(16)15(18)12(17)5-10/h4-5,9,13-14H,6-8,19H2,1-3H3. The molecular weight excluding hydrogens is 279 g/mol. The Morgan fingerprint density at radius 1 is 1.24 bits per heavy atom. The van der Waals surface area contributed by atoms with Gasteiger partial charge in [0, 0.05) is 31.7 Å². The fraction of sp³-hybridized carbons (Fsp3) is 0.600. The van der Waals surface area contributed by atoms with E-state index in [2.05, 4.69) is 16.7 Å². The average molecular weight is 301 g/mol. The molecule has 118 valence electrons. The summed E-state index contributed by atoms with van der Waals surface area (Å²) in [5, 5.41) is 0. The molecule has 1 aromatic rings. The summed E-state index contributed by atoms with van der Waals surface area (Å²) in [6.07, 6.45) is 0. The Hall–Kier alpha value is -1.11. The normalized spacial score (nSPS) is 24.8. The summed E-state index contributed by atoms with van der Waals surface area (Å²) in [7, 11) is 4.03. The fourth-order valence-corrected chi connectivity index (χ4v) is 3.18. The highest BCUT2D eigenvalue weighted by molar-refractivity contribution is 5.23. The summed E-state index contributed by atoms with van der Waals surface area (Å²) in [6.45, 7) is 3.95. The minimum absolute atomic E-state index is 0.234. The van der Waals surface area contributed by atoms with E-state index in [0.29, 0.717) is 17.5 Å². The van der Waals surface area contributed by atoms with Crippen molar-refractivity contribution in [2.75, 3.05) is 33.7 Å². The van der Waals surface area contributed by atoms with Gasteiger partial charge in [0.05, 0.1) is 0 Å². The maximum Gasteiger partial charge on any atom is 0.194 e. The third-order valence-corrected chi connectivity index (χ3v) is 4.32. The van der Waals surface area contributed by atoms with Crippen LogP contribution in [-0.4, -0.2) is 49.6 Å². The summed E-state index contributed by atoms with van der Waals surface area (Å²) in [4.78, 5) is 4.26. The minimum atomic E-state index is -1.43. The number of benzene rings is 1. The molecule has 1 fully saturated rings. The zero-order valence-electron chi connectivity index (χ0n) is 12.6. The molecule has 0 radical (unpaired) electrons. The predicted molar refractivity (Wildman–Crippen MR) is 76.3 cm³/mol. The molecule has 2 rings (SSSR count). The van der Waals surface area contributed by atoms with Gasteiger partial charge in [-0.05, 0) is 37.7 Å². The van der Waals surface area contributed by atoms with E-state index < -0.39 is 17.5 Å². The van der Waals surface area contributed by atoms with E-state index >= 15 is 0 Å². The fourth-order valence-electron chi connectivity index (χ4n) is 3.18. The molecule has 3 nitrogen and oxygen atoms in total. The molecule has 0 bridgehead atoms. The van der Waals surface area contributed by atoms with Crippen LogP contribution in [0.15, 0.2) is 12.1 Å². The summed E-state index contributed by atoms with van der Waals surface area (Å²) in [6, 6.07) is 2.16. The summed E-state index contributed by atoms with van der Waals surface area (Å²) >= 11 is 0. The van der Waals surface area contributed by atoms with Crippen LogP contribution in [0.4, 0.5) is 13.2 Å². The van der Waals surface area contributed by atoms with Gasteiger partial charge in [-0.1, -0.05) is 6.92 Å². The highest BCUT2D eigenvalue weighted by Crippen LogP contribution is 2.30. The van der Waals surface area contributed by atoms with Crippen LogP contribution in [0.3, 0.4) is 0 Å². The van der Waals surface area contributed by atoms with Crippen LogP contribution in [0, 0.1) is 23.4 Å². The van der Waals surface area contributed by atoms with Gasteiger partial charge in [0.25, 0.3) is 0 Å². The first-order valence-corrected chi connectivity index (χ1v) is 7.10. The van der Waals surface area contributed by atoms with Crippen LogP contribution in [0.1, 0.15) is 18.5 Å². The molecule has 6 heteroatoms. The van der Waals surface area contributed by atoms with E-state index in [4.69, 9.17) is 5.73 Å². The van der Waals surface area contributed by atoms with Gasteiger partial charge in [0.2, 0.25) is 0 Å². The van der Waals surface area contributed by atoms with Gasteiger partial charge in [-0.2, -0.15) is 0 Å². The molecular formula is C15H22F3N3. The SMILES string of the molecule is CC1CN(C(CN)c2cc(F)c(F)c(F)c2)CC1N(C)C. The lowest BCUT2D eigenvalue weighted by atomic mass is 10.0. The van der Waals surface area contributed by atoms with Gasteiger partial charge in [-0.25, -0.2) is 13.2 Å². The number of likely N-dealkylation sites (N-methyl/N-ethyl adjacent to an activating group) is 1. The van der Waals surface area contributed by atoms with Crippen LogP contribution in [0.5, 0.6) is 0 Å². The lowest BCUT2D eigenvalue weighted by molar-refractivity contribution is 0.218. The van der Waals surface area contributed by atoms with Gasteiger partial charge in [-0.15, -0.1) is 0 Å². The van der Waals surface area contributed by atoms with Gasteiger partial charge in [0.1, 0.15) is 0 Å². The second kappa shape index (κ2) is 6.34. The number of halogens is 3. The van der Waals surface area contributed by atoms with E-state index in [1.165, 1.54) is 0 Å². The van der Waals surface area contributed by atoms with Crippen molar-refractivity contribution < 1.29 is 13.2 Å². The number of rotatable bonds is 4. The van der Waals surface area contributed by atoms with Crippen molar-refractivity contribution in [2.24, 2.45) is 11.7 Å². The van der Waals surface area contributed by atoms with Crippen molar-refractivity contribution in [3.05, 3.63) is 35.1 Å². The second-order valence-corrected chi connectivity index (χ2v) is 6.01. The number of nitrogens with two attached hydrogens (primary N) is 1. The Labute approximate surface area is 123 Å².